The summed E-state index contributed by atoms with van der Waals surface area (Å²) in [7, 11) is -3.57. The van der Waals surface area contributed by atoms with E-state index in [9.17, 15) is 13.2 Å². The quantitative estimate of drug-likeness (QED) is 0.675. The molecule has 2 saturated carbocycles. The highest BCUT2D eigenvalue weighted by molar-refractivity contribution is 7.91. The van der Waals surface area contributed by atoms with Crippen molar-refractivity contribution in [1.29, 1.82) is 0 Å². The molecule has 3 N–H and O–H groups in total. The van der Waals surface area contributed by atoms with Crippen molar-refractivity contribution in [2.45, 2.75) is 36.5 Å². The number of hydrogen-bond donors (Lipinski definition) is 2. The first-order valence-electron chi connectivity index (χ1n) is 5.23. The molecule has 2 fully saturated rings. The lowest BCUT2D eigenvalue weighted by Gasteiger charge is -2.15. The summed E-state index contributed by atoms with van der Waals surface area (Å²) in [6.07, 6.45) is 3.25. The number of amides is 1. The van der Waals surface area contributed by atoms with Crippen LogP contribution >= 0.6 is 0 Å². The van der Waals surface area contributed by atoms with E-state index in [1.54, 1.807) is 13.0 Å². The van der Waals surface area contributed by atoms with Crippen LogP contribution in [0.4, 0.5) is 0 Å². The number of carbonyl (C=O) groups excluding carboxylic acids is 1. The molecule has 0 unspecified atom stereocenters. The van der Waals surface area contributed by atoms with Crippen molar-refractivity contribution in [3.05, 3.63) is 12.7 Å². The van der Waals surface area contributed by atoms with Crippen molar-refractivity contribution in [1.82, 2.24) is 4.72 Å². The third-order valence-electron chi connectivity index (χ3n) is 3.60. The van der Waals surface area contributed by atoms with Crippen molar-refractivity contribution >= 4 is 15.9 Å². The highest BCUT2D eigenvalue weighted by Crippen LogP contribution is 2.45. The summed E-state index contributed by atoms with van der Waals surface area (Å²) in [5, 5.41) is 0. The summed E-state index contributed by atoms with van der Waals surface area (Å²) in [6.45, 7) is 5.18. The van der Waals surface area contributed by atoms with Gasteiger partial charge in [-0.15, -0.1) is 6.58 Å². The molecule has 6 heteroatoms. The third-order valence-corrected chi connectivity index (χ3v) is 5.76. The van der Waals surface area contributed by atoms with Crippen LogP contribution in [-0.4, -0.2) is 24.6 Å². The minimum Gasteiger partial charge on any atom is -0.317 e. The smallest absolute Gasteiger partial charge is 0.254 e. The Kier molecular flexibility index (Phi) is 2.23. The van der Waals surface area contributed by atoms with Gasteiger partial charge in [-0.2, -0.15) is 0 Å². The molecule has 90 valence electrons. The minimum atomic E-state index is -3.57. The molecule has 0 heterocycles. The van der Waals surface area contributed by atoms with Crippen molar-refractivity contribution in [3.63, 3.8) is 0 Å². The minimum absolute atomic E-state index is 0.116. The maximum absolute atomic E-state index is 11.8. The first-order chi connectivity index (χ1) is 7.25. The molecule has 0 radical (unpaired) electrons. The number of hydrogen-bond acceptors (Lipinski definition) is 4. The van der Waals surface area contributed by atoms with Crippen molar-refractivity contribution in [2.24, 2.45) is 11.7 Å². The van der Waals surface area contributed by atoms with E-state index in [4.69, 9.17) is 5.73 Å². The van der Waals surface area contributed by atoms with E-state index in [0.29, 0.717) is 19.3 Å². The van der Waals surface area contributed by atoms with Crippen LogP contribution in [0, 0.1) is 5.92 Å². The van der Waals surface area contributed by atoms with Crippen molar-refractivity contribution < 1.29 is 13.2 Å². The molecule has 16 heavy (non-hydrogen) atoms. The summed E-state index contributed by atoms with van der Waals surface area (Å²) in [4.78, 5) is 11.7. The zero-order valence-corrected chi connectivity index (χ0v) is 10.0. The number of rotatable bonds is 4. The first-order valence-corrected chi connectivity index (χ1v) is 6.72. The van der Waals surface area contributed by atoms with Gasteiger partial charge in [0.25, 0.3) is 5.91 Å². The third kappa shape index (κ3) is 1.56. The lowest BCUT2D eigenvalue weighted by atomic mass is 10.2. The Hall–Kier alpha value is -0.880. The molecule has 0 saturated heterocycles. The molecule has 0 bridgehead atoms. The van der Waals surface area contributed by atoms with Crippen molar-refractivity contribution in [3.8, 4) is 0 Å². The second-order valence-electron chi connectivity index (χ2n) is 4.97. The van der Waals surface area contributed by atoms with E-state index in [0.717, 1.165) is 0 Å². The van der Waals surface area contributed by atoms with Crippen LogP contribution in [0.3, 0.4) is 0 Å². The Balaban J connectivity index is 2.07. The standard InChI is InChI=1S/C10H16N2O3S/c1-3-7-6-10(7,11)8(13)12-16(14,15)9(2)4-5-9/h3,7H,1,4-6,11H2,2H3,(H,12,13)/t7-,10+/m0/s1. The van der Waals surface area contributed by atoms with Crippen LogP contribution in [0.5, 0.6) is 0 Å². The number of sulfonamides is 1. The second kappa shape index (κ2) is 3.07. The predicted octanol–water partition coefficient (Wildman–Crippen LogP) is -0.112. The second-order valence-corrected chi connectivity index (χ2v) is 7.17. The van der Waals surface area contributed by atoms with Gasteiger partial charge in [0, 0.05) is 5.92 Å². The molecular formula is C10H16N2O3S. The normalized spacial score (nSPS) is 35.2. The summed E-state index contributed by atoms with van der Waals surface area (Å²) in [6, 6.07) is 0. The predicted molar refractivity (Wildman–Crippen MR) is 59.9 cm³/mol. The Morgan fingerprint density at radius 2 is 2.12 bits per heavy atom. The van der Waals surface area contributed by atoms with Crippen LogP contribution < -0.4 is 10.5 Å². The summed E-state index contributed by atoms with van der Waals surface area (Å²) in [5.41, 5.74) is 4.70. The fourth-order valence-corrected chi connectivity index (χ4v) is 2.96. The van der Waals surface area contributed by atoms with Gasteiger partial charge in [0.15, 0.2) is 0 Å². The van der Waals surface area contributed by atoms with Gasteiger partial charge < -0.3 is 5.73 Å². The van der Waals surface area contributed by atoms with Gasteiger partial charge in [-0.05, 0) is 26.2 Å². The number of nitrogens with one attached hydrogen (secondary N) is 1. The zero-order chi connectivity index (χ0) is 12.2. The molecule has 2 aliphatic rings. The molecule has 0 aliphatic heterocycles. The van der Waals surface area contributed by atoms with E-state index in [1.165, 1.54) is 0 Å². The van der Waals surface area contributed by atoms with E-state index in [-0.39, 0.29) is 5.92 Å². The van der Waals surface area contributed by atoms with Crippen LogP contribution in [0.15, 0.2) is 12.7 Å². The highest BCUT2D eigenvalue weighted by atomic mass is 32.2. The maximum Gasteiger partial charge on any atom is 0.254 e. The molecule has 2 rings (SSSR count). The monoisotopic (exact) mass is 244 g/mol. The molecule has 5 nitrogen and oxygen atoms in total. The number of carbonyl (C=O) groups is 1. The SMILES string of the molecule is C=C[C@H]1C[C@]1(N)C(=O)NS(=O)(=O)C1(C)CC1. The first kappa shape index (κ1) is 11.6. The molecule has 2 aliphatic carbocycles. The molecule has 0 aromatic carbocycles. The largest absolute Gasteiger partial charge is 0.317 e. The van der Waals surface area contributed by atoms with Gasteiger partial charge in [-0.25, -0.2) is 8.42 Å². The summed E-state index contributed by atoms with van der Waals surface area (Å²) < 4.78 is 24.9. The van der Waals surface area contributed by atoms with E-state index in [1.807, 2.05) is 0 Å². The Morgan fingerprint density at radius 3 is 2.50 bits per heavy atom. The topological polar surface area (TPSA) is 89.3 Å². The lowest BCUT2D eigenvalue weighted by molar-refractivity contribution is -0.121. The highest BCUT2D eigenvalue weighted by Gasteiger charge is 2.58. The van der Waals surface area contributed by atoms with Crippen LogP contribution in [0.25, 0.3) is 0 Å². The summed E-state index contributed by atoms with van der Waals surface area (Å²) in [5.74, 6) is -0.722. The lowest BCUT2D eigenvalue weighted by Crippen LogP contribution is -2.49. The van der Waals surface area contributed by atoms with Crippen LogP contribution in [0.2, 0.25) is 0 Å². The molecule has 1 amide bonds. The average Bonchev–Trinajstić information content (AvgIpc) is 3.04. The fourth-order valence-electron chi connectivity index (χ4n) is 1.64. The summed E-state index contributed by atoms with van der Waals surface area (Å²) >= 11 is 0. The Labute approximate surface area is 95.1 Å². The van der Waals surface area contributed by atoms with Gasteiger partial charge in [0.05, 0.1) is 4.75 Å². The van der Waals surface area contributed by atoms with Crippen molar-refractivity contribution in [2.75, 3.05) is 0 Å². The molecule has 2 atom stereocenters. The average molecular weight is 244 g/mol. The van der Waals surface area contributed by atoms with Gasteiger partial charge in [-0.3, -0.25) is 9.52 Å². The van der Waals surface area contributed by atoms with Crippen LogP contribution in [-0.2, 0) is 14.8 Å². The van der Waals surface area contributed by atoms with E-state index >= 15 is 0 Å². The van der Waals surface area contributed by atoms with E-state index in [2.05, 4.69) is 11.3 Å². The Morgan fingerprint density at radius 1 is 1.56 bits per heavy atom. The molecular weight excluding hydrogens is 228 g/mol. The molecule has 0 spiro atoms. The number of nitrogens with two attached hydrogens (primary N) is 1. The fraction of sp³-hybridized carbons (Fsp3) is 0.700. The zero-order valence-electron chi connectivity index (χ0n) is 9.19. The molecule has 0 aromatic rings. The van der Waals surface area contributed by atoms with Gasteiger partial charge in [0.1, 0.15) is 5.54 Å². The van der Waals surface area contributed by atoms with Gasteiger partial charge >= 0.3 is 0 Å². The van der Waals surface area contributed by atoms with E-state index < -0.39 is 26.2 Å². The Bertz CT molecular complexity index is 453. The van der Waals surface area contributed by atoms with Gasteiger partial charge in [-0.1, -0.05) is 6.08 Å². The van der Waals surface area contributed by atoms with Gasteiger partial charge in [0.2, 0.25) is 10.0 Å². The van der Waals surface area contributed by atoms with Crippen LogP contribution in [0.1, 0.15) is 26.2 Å². The maximum atomic E-state index is 11.8. The molecule has 0 aromatic heterocycles.